The molecule has 1 aromatic carbocycles. The average Bonchev–Trinajstić information content (AvgIpc) is 2.35. The van der Waals surface area contributed by atoms with Crippen LogP contribution in [-0.4, -0.2) is 40.4 Å². The van der Waals surface area contributed by atoms with Gasteiger partial charge in [-0.2, -0.15) is 0 Å². The van der Waals surface area contributed by atoms with Gasteiger partial charge in [0.15, 0.2) is 0 Å². The average molecular weight is 285 g/mol. The van der Waals surface area contributed by atoms with Crippen LogP contribution in [0.4, 0.5) is 5.69 Å². The number of aromatic carboxylic acids is 1. The number of hydrogen-bond donors (Lipinski definition) is 2. The van der Waals surface area contributed by atoms with Crippen LogP contribution in [0.2, 0.25) is 0 Å². The van der Waals surface area contributed by atoms with Crippen LogP contribution >= 0.6 is 0 Å². The van der Waals surface area contributed by atoms with Crippen LogP contribution in [0.15, 0.2) is 18.2 Å². The fourth-order valence-corrected chi connectivity index (χ4v) is 2.32. The topological polar surface area (TPSA) is 75.6 Å². The summed E-state index contributed by atoms with van der Waals surface area (Å²) in [5, 5.41) is 12.3. The maximum Gasteiger partial charge on any atom is 0.337 e. The molecule has 0 spiro atoms. The third-order valence-electron chi connectivity index (χ3n) is 2.70. The molecule has 6 heteroatoms. The summed E-state index contributed by atoms with van der Waals surface area (Å²) >= 11 is 0. The van der Waals surface area contributed by atoms with Gasteiger partial charge in [0.1, 0.15) is 5.75 Å². The van der Waals surface area contributed by atoms with E-state index in [2.05, 4.69) is 5.32 Å². The summed E-state index contributed by atoms with van der Waals surface area (Å²) in [5.41, 5.74) is 0.714. The maximum atomic E-state index is 11.1. The number of methoxy groups -OCH3 is 1. The second-order valence-corrected chi connectivity index (χ2v) is 5.88. The van der Waals surface area contributed by atoms with Gasteiger partial charge in [0, 0.05) is 34.9 Å². The Morgan fingerprint density at radius 2 is 2.21 bits per heavy atom. The minimum absolute atomic E-state index is 0.0362. The minimum Gasteiger partial charge on any atom is -0.497 e. The smallest absolute Gasteiger partial charge is 0.337 e. The number of carboxylic acids is 1. The SMILES string of the molecule is COc1ccc(C(=O)O)c(NC(C)CCS(C)=O)c1. The van der Waals surface area contributed by atoms with E-state index in [1.165, 1.54) is 13.2 Å². The second-order valence-electron chi connectivity index (χ2n) is 4.33. The molecule has 1 rings (SSSR count). The molecule has 2 unspecified atom stereocenters. The van der Waals surface area contributed by atoms with Crippen LogP contribution in [0.5, 0.6) is 5.75 Å². The Kier molecular flexibility index (Phi) is 5.82. The molecule has 0 saturated heterocycles. The van der Waals surface area contributed by atoms with E-state index in [4.69, 9.17) is 9.84 Å². The van der Waals surface area contributed by atoms with Crippen LogP contribution in [0.1, 0.15) is 23.7 Å². The molecule has 5 nitrogen and oxygen atoms in total. The number of anilines is 1. The van der Waals surface area contributed by atoms with Crippen molar-refractivity contribution in [2.75, 3.05) is 24.4 Å². The van der Waals surface area contributed by atoms with E-state index in [0.717, 1.165) is 0 Å². The fraction of sp³-hybridized carbons (Fsp3) is 0.462. The highest BCUT2D eigenvalue weighted by Crippen LogP contribution is 2.23. The lowest BCUT2D eigenvalue weighted by atomic mass is 10.1. The van der Waals surface area contributed by atoms with Crippen molar-refractivity contribution < 1.29 is 18.8 Å². The lowest BCUT2D eigenvalue weighted by Gasteiger charge is -2.17. The van der Waals surface area contributed by atoms with Crippen molar-refractivity contribution in [2.45, 2.75) is 19.4 Å². The Morgan fingerprint density at radius 3 is 2.74 bits per heavy atom. The molecular formula is C13H19NO4S. The zero-order valence-electron chi connectivity index (χ0n) is 11.3. The third kappa shape index (κ3) is 4.90. The summed E-state index contributed by atoms with van der Waals surface area (Å²) in [7, 11) is 0.686. The van der Waals surface area contributed by atoms with E-state index < -0.39 is 16.8 Å². The van der Waals surface area contributed by atoms with Crippen molar-refractivity contribution in [3.05, 3.63) is 23.8 Å². The molecule has 1 aromatic rings. The van der Waals surface area contributed by atoms with E-state index in [1.54, 1.807) is 18.4 Å². The van der Waals surface area contributed by atoms with E-state index >= 15 is 0 Å². The fourth-order valence-electron chi connectivity index (χ4n) is 1.64. The largest absolute Gasteiger partial charge is 0.497 e. The standard InChI is InChI=1S/C13H19NO4S/c1-9(6-7-19(3)17)14-12-8-10(18-2)4-5-11(12)13(15)16/h4-5,8-9,14H,6-7H2,1-3H3,(H,15,16). The Bertz CT molecular complexity index is 476. The van der Waals surface area contributed by atoms with Crippen molar-refractivity contribution in [3.63, 3.8) is 0 Å². The molecule has 0 bridgehead atoms. The number of carbonyl (C=O) groups is 1. The monoisotopic (exact) mass is 285 g/mol. The molecule has 0 aromatic heterocycles. The summed E-state index contributed by atoms with van der Waals surface area (Å²) in [4.78, 5) is 11.1. The van der Waals surface area contributed by atoms with Gasteiger partial charge in [-0.15, -0.1) is 0 Å². The predicted molar refractivity (Wildman–Crippen MR) is 76.6 cm³/mol. The van der Waals surface area contributed by atoms with Gasteiger partial charge in [0.2, 0.25) is 0 Å². The number of carboxylic acid groups (broad SMARTS) is 1. The van der Waals surface area contributed by atoms with Crippen LogP contribution in [-0.2, 0) is 10.8 Å². The van der Waals surface area contributed by atoms with E-state index in [9.17, 15) is 9.00 Å². The molecule has 0 amide bonds. The van der Waals surface area contributed by atoms with Crippen molar-refractivity contribution >= 4 is 22.5 Å². The van der Waals surface area contributed by atoms with E-state index in [-0.39, 0.29) is 11.6 Å². The van der Waals surface area contributed by atoms with Crippen LogP contribution in [0, 0.1) is 0 Å². The first kappa shape index (κ1) is 15.5. The van der Waals surface area contributed by atoms with E-state index in [0.29, 0.717) is 23.6 Å². The highest BCUT2D eigenvalue weighted by molar-refractivity contribution is 7.84. The number of benzene rings is 1. The summed E-state index contributed by atoms with van der Waals surface area (Å²) in [5.74, 6) is 0.191. The maximum absolute atomic E-state index is 11.1. The molecule has 0 aliphatic carbocycles. The first-order chi connectivity index (χ1) is 8.93. The summed E-state index contributed by atoms with van der Waals surface area (Å²) < 4.78 is 16.1. The summed E-state index contributed by atoms with van der Waals surface area (Å²) in [6.07, 6.45) is 2.36. The van der Waals surface area contributed by atoms with Gasteiger partial charge in [0.25, 0.3) is 0 Å². The molecule has 0 radical (unpaired) electrons. The Labute approximate surface area is 115 Å². The Hall–Kier alpha value is -1.56. The molecule has 2 atom stereocenters. The highest BCUT2D eigenvalue weighted by atomic mass is 32.2. The van der Waals surface area contributed by atoms with Crippen molar-refractivity contribution in [3.8, 4) is 5.75 Å². The van der Waals surface area contributed by atoms with Gasteiger partial charge >= 0.3 is 5.97 Å². The summed E-state index contributed by atoms with van der Waals surface area (Å²) in [6, 6.07) is 4.81. The van der Waals surface area contributed by atoms with Crippen LogP contribution in [0.25, 0.3) is 0 Å². The minimum atomic E-state index is -0.989. The molecule has 0 aliphatic heterocycles. The van der Waals surface area contributed by atoms with E-state index in [1.807, 2.05) is 6.92 Å². The van der Waals surface area contributed by atoms with Crippen LogP contribution in [0.3, 0.4) is 0 Å². The normalized spacial score (nSPS) is 13.6. The molecule has 0 heterocycles. The predicted octanol–water partition coefficient (Wildman–Crippen LogP) is 1.96. The number of nitrogens with one attached hydrogen (secondary N) is 1. The molecule has 0 aliphatic rings. The van der Waals surface area contributed by atoms with Crippen molar-refractivity contribution in [1.29, 1.82) is 0 Å². The van der Waals surface area contributed by atoms with Crippen LogP contribution < -0.4 is 10.1 Å². The van der Waals surface area contributed by atoms with Crippen molar-refractivity contribution in [1.82, 2.24) is 0 Å². The highest BCUT2D eigenvalue weighted by Gasteiger charge is 2.13. The quantitative estimate of drug-likeness (QED) is 0.801. The first-order valence-electron chi connectivity index (χ1n) is 5.92. The Morgan fingerprint density at radius 1 is 1.53 bits per heavy atom. The molecule has 0 saturated carbocycles. The zero-order chi connectivity index (χ0) is 14.4. The number of ether oxygens (including phenoxy) is 1. The van der Waals surface area contributed by atoms with Gasteiger partial charge in [0.05, 0.1) is 18.4 Å². The molecule has 2 N–H and O–H groups in total. The van der Waals surface area contributed by atoms with Gasteiger partial charge < -0.3 is 15.2 Å². The van der Waals surface area contributed by atoms with Gasteiger partial charge in [-0.3, -0.25) is 4.21 Å². The number of rotatable bonds is 7. The lowest BCUT2D eigenvalue weighted by molar-refractivity contribution is 0.0698. The second kappa shape index (κ2) is 7.13. The first-order valence-corrected chi connectivity index (χ1v) is 7.64. The van der Waals surface area contributed by atoms with Gasteiger partial charge in [-0.25, -0.2) is 4.79 Å². The molecule has 19 heavy (non-hydrogen) atoms. The number of hydrogen-bond acceptors (Lipinski definition) is 4. The van der Waals surface area contributed by atoms with Gasteiger partial charge in [-0.05, 0) is 25.5 Å². The zero-order valence-corrected chi connectivity index (χ0v) is 12.1. The molecular weight excluding hydrogens is 266 g/mol. The molecule has 106 valence electrons. The van der Waals surface area contributed by atoms with Gasteiger partial charge in [-0.1, -0.05) is 0 Å². The third-order valence-corrected chi connectivity index (χ3v) is 3.51. The van der Waals surface area contributed by atoms with Crippen molar-refractivity contribution in [2.24, 2.45) is 0 Å². The lowest BCUT2D eigenvalue weighted by Crippen LogP contribution is -2.19. The Balaban J connectivity index is 2.84. The molecule has 0 fully saturated rings. The summed E-state index contributed by atoms with van der Waals surface area (Å²) in [6.45, 7) is 1.93.